The van der Waals surface area contributed by atoms with Crippen molar-refractivity contribution >= 4 is 16.6 Å². The van der Waals surface area contributed by atoms with Crippen molar-refractivity contribution in [2.75, 3.05) is 14.2 Å². The van der Waals surface area contributed by atoms with Crippen LogP contribution in [0.5, 0.6) is 11.5 Å². The third kappa shape index (κ3) is 2.26. The molecule has 0 radical (unpaired) electrons. The van der Waals surface area contributed by atoms with E-state index in [1.807, 2.05) is 0 Å². The van der Waals surface area contributed by atoms with Gasteiger partial charge in [-0.05, 0) is 13.0 Å². The van der Waals surface area contributed by atoms with Gasteiger partial charge < -0.3 is 13.9 Å². The molecule has 2 heterocycles. The van der Waals surface area contributed by atoms with Gasteiger partial charge >= 0.3 is 11.4 Å². The molecule has 0 atom stereocenters. The maximum atomic E-state index is 11.5. The normalized spacial score (nSPS) is 10.8. The first kappa shape index (κ1) is 15.5. The molecule has 0 aliphatic carbocycles. The summed E-state index contributed by atoms with van der Waals surface area (Å²) in [6, 6.07) is 2.84. The fraction of sp³-hybridized carbons (Fsp3) is 0.200. The number of ether oxygens (including phenoxy) is 2. The molecular weight excluding hydrogens is 318 g/mol. The Morgan fingerprint density at radius 1 is 1.33 bits per heavy atom. The van der Waals surface area contributed by atoms with Gasteiger partial charge in [-0.1, -0.05) is 0 Å². The Labute approximate surface area is 135 Å². The summed E-state index contributed by atoms with van der Waals surface area (Å²) in [5, 5.41) is 11.7. The zero-order chi connectivity index (χ0) is 17.4. The number of hydrogen-bond donors (Lipinski definition) is 1. The van der Waals surface area contributed by atoms with Crippen LogP contribution in [0.3, 0.4) is 0 Å². The van der Waals surface area contributed by atoms with Crippen molar-refractivity contribution in [1.29, 1.82) is 0 Å². The van der Waals surface area contributed by atoms with Gasteiger partial charge in [0.1, 0.15) is 5.52 Å². The van der Waals surface area contributed by atoms with Crippen molar-refractivity contribution in [3.05, 3.63) is 44.7 Å². The van der Waals surface area contributed by atoms with E-state index in [0.29, 0.717) is 22.2 Å². The maximum Gasteiger partial charge on any atom is 0.417 e. The lowest BCUT2D eigenvalue weighted by Crippen LogP contribution is -1.99. The summed E-state index contributed by atoms with van der Waals surface area (Å²) >= 11 is 0. The molecule has 0 aliphatic heterocycles. The number of benzene rings is 1. The Bertz CT molecular complexity index is 1000. The molecule has 0 fully saturated rings. The highest BCUT2D eigenvalue weighted by Gasteiger charge is 2.26. The molecule has 9 heteroatoms. The number of nitro groups is 1. The number of aryl methyl sites for hydroxylation is 1. The molecule has 0 saturated heterocycles. The van der Waals surface area contributed by atoms with E-state index in [4.69, 9.17) is 13.9 Å². The number of fused-ring (bicyclic) bond motifs is 1. The van der Waals surface area contributed by atoms with Gasteiger partial charge in [-0.15, -0.1) is 0 Å². The van der Waals surface area contributed by atoms with E-state index in [-0.39, 0.29) is 22.9 Å². The molecule has 1 aromatic carbocycles. The molecule has 24 heavy (non-hydrogen) atoms. The van der Waals surface area contributed by atoms with Gasteiger partial charge in [0, 0.05) is 11.8 Å². The number of nitrogens with zero attached hydrogens (tertiary/aromatic N) is 2. The molecule has 124 valence electrons. The van der Waals surface area contributed by atoms with Crippen LogP contribution in [0, 0.1) is 17.0 Å². The van der Waals surface area contributed by atoms with Gasteiger partial charge in [0.05, 0.1) is 36.3 Å². The summed E-state index contributed by atoms with van der Waals surface area (Å²) < 4.78 is 15.7. The molecule has 3 aromatic rings. The summed E-state index contributed by atoms with van der Waals surface area (Å²) in [7, 11) is 2.71. The van der Waals surface area contributed by atoms with E-state index >= 15 is 0 Å². The highest BCUT2D eigenvalue weighted by atomic mass is 16.6. The molecule has 2 aromatic heterocycles. The Balaban J connectivity index is 2.52. The van der Waals surface area contributed by atoms with E-state index < -0.39 is 10.7 Å². The molecule has 0 spiro atoms. The molecular formula is C15H13N3O6. The second-order valence-electron chi connectivity index (χ2n) is 4.94. The summed E-state index contributed by atoms with van der Waals surface area (Å²) in [6.45, 7) is 1.66. The SMILES string of the molecule is COc1cc([N+](=O)[O-])c(OC)c2c(-c3oc(=O)[nH]c3C)ccnc12. The number of aromatic nitrogens is 2. The van der Waals surface area contributed by atoms with Crippen LogP contribution in [0.15, 0.2) is 27.5 Å². The highest BCUT2D eigenvalue weighted by Crippen LogP contribution is 2.44. The van der Waals surface area contributed by atoms with Gasteiger partial charge in [-0.25, -0.2) is 4.79 Å². The second kappa shape index (κ2) is 5.69. The largest absolute Gasteiger partial charge is 0.494 e. The fourth-order valence-electron chi connectivity index (χ4n) is 2.61. The number of pyridine rings is 1. The summed E-state index contributed by atoms with van der Waals surface area (Å²) in [5.74, 6) is -0.130. The zero-order valence-electron chi connectivity index (χ0n) is 13.1. The third-order valence-corrected chi connectivity index (χ3v) is 3.60. The number of oxazole rings is 1. The minimum absolute atomic E-state index is 0.0159. The highest BCUT2D eigenvalue weighted by molar-refractivity contribution is 6.03. The zero-order valence-corrected chi connectivity index (χ0v) is 13.1. The van der Waals surface area contributed by atoms with Gasteiger partial charge in [-0.2, -0.15) is 0 Å². The van der Waals surface area contributed by atoms with Gasteiger partial charge in [-0.3, -0.25) is 20.1 Å². The number of hydrogen-bond acceptors (Lipinski definition) is 7. The van der Waals surface area contributed by atoms with Crippen LogP contribution in [0.2, 0.25) is 0 Å². The number of nitro benzene ring substituents is 1. The van der Waals surface area contributed by atoms with Crippen LogP contribution in [0.25, 0.3) is 22.2 Å². The lowest BCUT2D eigenvalue weighted by molar-refractivity contribution is -0.385. The van der Waals surface area contributed by atoms with Crippen LogP contribution < -0.4 is 15.2 Å². The van der Waals surface area contributed by atoms with Gasteiger partial charge in [0.15, 0.2) is 11.5 Å². The second-order valence-corrected chi connectivity index (χ2v) is 4.94. The Morgan fingerprint density at radius 2 is 2.08 bits per heavy atom. The number of nitrogens with one attached hydrogen (secondary N) is 1. The summed E-state index contributed by atoms with van der Waals surface area (Å²) in [5.41, 5.74) is 1.02. The Morgan fingerprint density at radius 3 is 2.62 bits per heavy atom. The van der Waals surface area contributed by atoms with E-state index in [9.17, 15) is 14.9 Å². The summed E-state index contributed by atoms with van der Waals surface area (Å²) in [4.78, 5) is 29.0. The van der Waals surface area contributed by atoms with Crippen LogP contribution in [-0.2, 0) is 0 Å². The van der Waals surface area contributed by atoms with E-state index in [2.05, 4.69) is 9.97 Å². The van der Waals surface area contributed by atoms with Crippen molar-refractivity contribution in [3.8, 4) is 22.8 Å². The van der Waals surface area contributed by atoms with Crippen molar-refractivity contribution in [2.24, 2.45) is 0 Å². The minimum atomic E-state index is -0.621. The average molecular weight is 331 g/mol. The smallest absolute Gasteiger partial charge is 0.417 e. The topological polar surface area (TPSA) is 120 Å². The van der Waals surface area contributed by atoms with Gasteiger partial charge in [0.2, 0.25) is 5.75 Å². The van der Waals surface area contributed by atoms with E-state index in [0.717, 1.165) is 0 Å². The lowest BCUT2D eigenvalue weighted by Gasteiger charge is -2.12. The number of rotatable bonds is 4. The fourth-order valence-corrected chi connectivity index (χ4v) is 2.61. The first-order valence-corrected chi connectivity index (χ1v) is 6.86. The van der Waals surface area contributed by atoms with Crippen molar-refractivity contribution in [1.82, 2.24) is 9.97 Å². The summed E-state index contributed by atoms with van der Waals surface area (Å²) in [6.07, 6.45) is 1.50. The molecule has 0 amide bonds. The molecule has 0 bridgehead atoms. The molecule has 3 rings (SSSR count). The predicted molar refractivity (Wildman–Crippen MR) is 84.6 cm³/mol. The predicted octanol–water partition coefficient (Wildman–Crippen LogP) is 2.42. The first-order chi connectivity index (χ1) is 11.5. The van der Waals surface area contributed by atoms with Crippen LogP contribution in [0.1, 0.15) is 5.69 Å². The van der Waals surface area contributed by atoms with E-state index in [1.165, 1.54) is 26.5 Å². The van der Waals surface area contributed by atoms with Crippen molar-refractivity contribution in [3.63, 3.8) is 0 Å². The average Bonchev–Trinajstić information content (AvgIpc) is 2.90. The van der Waals surface area contributed by atoms with Crippen LogP contribution >= 0.6 is 0 Å². The van der Waals surface area contributed by atoms with Crippen LogP contribution in [-0.4, -0.2) is 29.1 Å². The van der Waals surface area contributed by atoms with Crippen molar-refractivity contribution in [2.45, 2.75) is 6.92 Å². The quantitative estimate of drug-likeness (QED) is 0.575. The Hall–Kier alpha value is -3.36. The lowest BCUT2D eigenvalue weighted by atomic mass is 10.0. The number of aromatic amines is 1. The van der Waals surface area contributed by atoms with Crippen LogP contribution in [0.4, 0.5) is 5.69 Å². The van der Waals surface area contributed by atoms with Crippen molar-refractivity contribution < 1.29 is 18.8 Å². The molecule has 9 nitrogen and oxygen atoms in total. The molecule has 0 aliphatic rings. The third-order valence-electron chi connectivity index (χ3n) is 3.60. The molecule has 1 N–H and O–H groups in total. The van der Waals surface area contributed by atoms with E-state index in [1.54, 1.807) is 13.0 Å². The monoisotopic (exact) mass is 331 g/mol. The molecule has 0 unspecified atom stereocenters. The van der Waals surface area contributed by atoms with Gasteiger partial charge in [0.25, 0.3) is 0 Å². The maximum absolute atomic E-state index is 11.5. The Kier molecular flexibility index (Phi) is 3.68. The minimum Gasteiger partial charge on any atom is -0.494 e. The number of H-pyrrole nitrogens is 1. The first-order valence-electron chi connectivity index (χ1n) is 6.86. The standard InChI is InChI=1S/C15H13N3O6/c1-7-13(24-15(19)17-7)8-4-5-16-12-10(22-2)6-9(18(20)21)14(23-3)11(8)12/h4-6H,1-3H3,(H,17,19). The number of methoxy groups -OCH3 is 2. The molecule has 0 saturated carbocycles.